The number of ether oxygens (including phenoxy) is 1. The molecule has 5 nitrogen and oxygen atoms in total. The summed E-state index contributed by atoms with van der Waals surface area (Å²) in [6.45, 7) is 2.49. The third kappa shape index (κ3) is 3.13. The molecule has 0 unspecified atom stereocenters. The summed E-state index contributed by atoms with van der Waals surface area (Å²) in [5.74, 6) is 0.400. The zero-order valence-electron chi connectivity index (χ0n) is 10.9. The standard InChI is InChI=1S/C14H15NO4/c1-3-15(2)13(16)9-18-11-6-4-10-5-7-14(17)19-12(10)8-11/h4-8H,3,9H2,1-2H3. The van der Waals surface area contributed by atoms with Gasteiger partial charge >= 0.3 is 5.63 Å². The first kappa shape index (κ1) is 13.1. The number of hydrogen-bond acceptors (Lipinski definition) is 4. The molecule has 0 saturated carbocycles. The molecule has 1 aromatic carbocycles. The Bertz CT molecular complexity index is 647. The Labute approximate surface area is 110 Å². The van der Waals surface area contributed by atoms with Crippen LogP contribution in [0.4, 0.5) is 0 Å². The lowest BCUT2D eigenvalue weighted by atomic mass is 10.2. The highest BCUT2D eigenvalue weighted by atomic mass is 16.5. The Morgan fingerprint density at radius 1 is 1.32 bits per heavy atom. The maximum absolute atomic E-state index is 11.6. The Hall–Kier alpha value is -2.30. The Balaban J connectivity index is 2.13. The second kappa shape index (κ2) is 5.56. The SMILES string of the molecule is CCN(C)C(=O)COc1ccc2ccc(=O)oc2c1. The van der Waals surface area contributed by atoms with E-state index < -0.39 is 5.63 Å². The van der Waals surface area contributed by atoms with E-state index in [0.717, 1.165) is 5.39 Å². The van der Waals surface area contributed by atoms with E-state index in [-0.39, 0.29) is 12.5 Å². The normalized spacial score (nSPS) is 10.4. The zero-order chi connectivity index (χ0) is 13.8. The minimum absolute atomic E-state index is 0.0348. The van der Waals surface area contributed by atoms with Crippen molar-refractivity contribution in [2.24, 2.45) is 0 Å². The van der Waals surface area contributed by atoms with Crippen molar-refractivity contribution in [1.82, 2.24) is 4.90 Å². The lowest BCUT2D eigenvalue weighted by molar-refractivity contribution is -0.131. The topological polar surface area (TPSA) is 59.8 Å². The number of benzene rings is 1. The predicted molar refractivity (Wildman–Crippen MR) is 71.3 cm³/mol. The van der Waals surface area contributed by atoms with Gasteiger partial charge < -0.3 is 14.1 Å². The smallest absolute Gasteiger partial charge is 0.336 e. The van der Waals surface area contributed by atoms with Gasteiger partial charge in [0.05, 0.1) is 0 Å². The van der Waals surface area contributed by atoms with Gasteiger partial charge in [0, 0.05) is 31.1 Å². The molecule has 0 bridgehead atoms. The minimum atomic E-state index is -0.411. The van der Waals surface area contributed by atoms with Gasteiger partial charge in [0.2, 0.25) is 0 Å². The van der Waals surface area contributed by atoms with Crippen LogP contribution < -0.4 is 10.4 Å². The fourth-order valence-corrected chi connectivity index (χ4v) is 1.56. The maximum Gasteiger partial charge on any atom is 0.336 e. The van der Waals surface area contributed by atoms with Crippen LogP contribution >= 0.6 is 0 Å². The van der Waals surface area contributed by atoms with E-state index >= 15 is 0 Å². The molecule has 2 aromatic rings. The van der Waals surface area contributed by atoms with Gasteiger partial charge in [-0.3, -0.25) is 4.79 Å². The molecule has 0 aliphatic heterocycles. The van der Waals surface area contributed by atoms with E-state index in [1.165, 1.54) is 6.07 Å². The van der Waals surface area contributed by atoms with E-state index in [0.29, 0.717) is 17.9 Å². The average molecular weight is 261 g/mol. The van der Waals surface area contributed by atoms with Crippen molar-refractivity contribution < 1.29 is 13.9 Å². The maximum atomic E-state index is 11.6. The third-order valence-corrected chi connectivity index (χ3v) is 2.86. The summed E-state index contributed by atoms with van der Waals surface area (Å²) in [4.78, 5) is 24.3. The molecule has 0 aliphatic carbocycles. The fourth-order valence-electron chi connectivity index (χ4n) is 1.56. The summed E-state index contributed by atoms with van der Waals surface area (Å²) < 4.78 is 10.4. The second-order valence-electron chi connectivity index (χ2n) is 4.15. The second-order valence-corrected chi connectivity index (χ2v) is 4.15. The molecule has 1 amide bonds. The number of fused-ring (bicyclic) bond motifs is 1. The largest absolute Gasteiger partial charge is 0.484 e. The van der Waals surface area contributed by atoms with Crippen molar-refractivity contribution in [3.63, 3.8) is 0 Å². The number of carbonyl (C=O) groups excluding carboxylic acids is 1. The molecule has 2 rings (SSSR count). The van der Waals surface area contributed by atoms with Gasteiger partial charge in [-0.2, -0.15) is 0 Å². The molecule has 1 aromatic heterocycles. The van der Waals surface area contributed by atoms with Gasteiger partial charge in [0.1, 0.15) is 11.3 Å². The molecule has 100 valence electrons. The Morgan fingerprint density at radius 3 is 2.79 bits per heavy atom. The summed E-state index contributed by atoms with van der Waals surface area (Å²) >= 11 is 0. The number of rotatable bonds is 4. The summed E-state index contributed by atoms with van der Waals surface area (Å²) in [5, 5.41) is 0.809. The van der Waals surface area contributed by atoms with Gasteiger partial charge in [0.25, 0.3) is 5.91 Å². The van der Waals surface area contributed by atoms with Crippen molar-refractivity contribution in [1.29, 1.82) is 0 Å². The highest BCUT2D eigenvalue weighted by Gasteiger charge is 2.08. The van der Waals surface area contributed by atoms with Crippen LogP contribution in [-0.2, 0) is 4.79 Å². The van der Waals surface area contributed by atoms with Gasteiger partial charge in [-0.25, -0.2) is 4.79 Å². The molecule has 0 N–H and O–H groups in total. The van der Waals surface area contributed by atoms with E-state index in [1.807, 2.05) is 6.92 Å². The number of likely N-dealkylation sites (N-methyl/N-ethyl adjacent to an activating group) is 1. The monoisotopic (exact) mass is 261 g/mol. The van der Waals surface area contributed by atoms with E-state index in [1.54, 1.807) is 36.2 Å². The summed E-state index contributed by atoms with van der Waals surface area (Å²) in [7, 11) is 1.71. The van der Waals surface area contributed by atoms with Crippen LogP contribution in [0.15, 0.2) is 39.5 Å². The molecule has 0 atom stereocenters. The van der Waals surface area contributed by atoms with Crippen molar-refractivity contribution in [2.75, 3.05) is 20.2 Å². The first-order chi connectivity index (χ1) is 9.10. The summed E-state index contributed by atoms with van der Waals surface area (Å²) in [6, 6.07) is 8.17. The van der Waals surface area contributed by atoms with Crippen molar-refractivity contribution in [2.45, 2.75) is 6.92 Å². The molecule has 0 spiro atoms. The van der Waals surface area contributed by atoms with Crippen molar-refractivity contribution >= 4 is 16.9 Å². The van der Waals surface area contributed by atoms with Gasteiger partial charge in [0.15, 0.2) is 6.61 Å². The number of carbonyl (C=O) groups is 1. The lowest BCUT2D eigenvalue weighted by Crippen LogP contribution is -2.31. The molecule has 5 heteroatoms. The van der Waals surface area contributed by atoms with Gasteiger partial charge in [-0.1, -0.05) is 0 Å². The van der Waals surface area contributed by atoms with Crippen molar-refractivity contribution in [3.8, 4) is 5.75 Å². The fraction of sp³-hybridized carbons (Fsp3) is 0.286. The number of nitrogens with zero attached hydrogens (tertiary/aromatic N) is 1. The molecular weight excluding hydrogens is 246 g/mol. The predicted octanol–water partition coefficient (Wildman–Crippen LogP) is 1.65. The Morgan fingerprint density at radius 2 is 2.05 bits per heavy atom. The average Bonchev–Trinajstić information content (AvgIpc) is 2.43. The molecule has 0 aliphatic rings. The van der Waals surface area contributed by atoms with E-state index in [9.17, 15) is 9.59 Å². The zero-order valence-corrected chi connectivity index (χ0v) is 10.9. The first-order valence-electron chi connectivity index (χ1n) is 6.01. The van der Waals surface area contributed by atoms with Crippen LogP contribution in [0.5, 0.6) is 5.75 Å². The number of amides is 1. The quantitative estimate of drug-likeness (QED) is 0.785. The van der Waals surface area contributed by atoms with Crippen LogP contribution in [0.2, 0.25) is 0 Å². The van der Waals surface area contributed by atoms with Crippen LogP contribution in [0.3, 0.4) is 0 Å². The third-order valence-electron chi connectivity index (χ3n) is 2.86. The highest BCUT2D eigenvalue weighted by Crippen LogP contribution is 2.19. The Kier molecular flexibility index (Phi) is 3.85. The molecule has 0 fully saturated rings. The van der Waals surface area contributed by atoms with Crippen LogP contribution in [0, 0.1) is 0 Å². The molecule has 1 heterocycles. The van der Waals surface area contributed by atoms with Crippen LogP contribution in [-0.4, -0.2) is 31.0 Å². The summed E-state index contributed by atoms with van der Waals surface area (Å²) in [5.41, 5.74) is 0.0349. The van der Waals surface area contributed by atoms with E-state index in [4.69, 9.17) is 9.15 Å². The first-order valence-corrected chi connectivity index (χ1v) is 6.01. The molecular formula is C14H15NO4. The van der Waals surface area contributed by atoms with E-state index in [2.05, 4.69) is 0 Å². The summed E-state index contributed by atoms with van der Waals surface area (Å²) in [6.07, 6.45) is 0. The molecule has 0 saturated heterocycles. The van der Waals surface area contributed by atoms with Crippen LogP contribution in [0.25, 0.3) is 11.0 Å². The van der Waals surface area contributed by atoms with Gasteiger partial charge in [-0.05, 0) is 25.1 Å². The van der Waals surface area contributed by atoms with Gasteiger partial charge in [-0.15, -0.1) is 0 Å². The lowest BCUT2D eigenvalue weighted by Gasteiger charge is -2.14. The minimum Gasteiger partial charge on any atom is -0.484 e. The van der Waals surface area contributed by atoms with Crippen LogP contribution in [0.1, 0.15) is 6.92 Å². The molecule has 19 heavy (non-hydrogen) atoms. The van der Waals surface area contributed by atoms with Crippen molar-refractivity contribution in [3.05, 3.63) is 40.8 Å². The molecule has 0 radical (unpaired) electrons. The highest BCUT2D eigenvalue weighted by molar-refractivity contribution is 5.79. The number of hydrogen-bond donors (Lipinski definition) is 0.